The highest BCUT2D eigenvalue weighted by atomic mass is 16.2. The summed E-state index contributed by atoms with van der Waals surface area (Å²) in [6, 6.07) is 5.76. The van der Waals surface area contributed by atoms with E-state index < -0.39 is 0 Å². The molecule has 5 heteroatoms. The molecule has 0 saturated carbocycles. The molecule has 0 aliphatic carbocycles. The second kappa shape index (κ2) is 9.60. The molecule has 1 heterocycles. The number of nitrogens with one attached hydrogen (secondary N) is 1. The number of hydrogen-bond acceptors (Lipinski definition) is 3. The Morgan fingerprint density at radius 1 is 1.12 bits per heavy atom. The molecule has 5 nitrogen and oxygen atoms in total. The average molecular weight is 360 g/mol. The van der Waals surface area contributed by atoms with Crippen molar-refractivity contribution in [3.63, 3.8) is 0 Å². The van der Waals surface area contributed by atoms with Crippen molar-refractivity contribution in [2.45, 2.75) is 53.4 Å². The van der Waals surface area contributed by atoms with Gasteiger partial charge in [0, 0.05) is 44.0 Å². The second-order valence-electron chi connectivity index (χ2n) is 7.40. The van der Waals surface area contributed by atoms with Crippen molar-refractivity contribution in [2.24, 2.45) is 5.92 Å². The molecule has 0 spiro atoms. The van der Waals surface area contributed by atoms with Gasteiger partial charge in [0.15, 0.2) is 0 Å². The zero-order valence-electron chi connectivity index (χ0n) is 16.7. The molecule has 0 radical (unpaired) electrons. The topological polar surface area (TPSA) is 52.7 Å². The highest BCUT2D eigenvalue weighted by Crippen LogP contribution is 2.28. The highest BCUT2D eigenvalue weighted by molar-refractivity contribution is 6.02. The van der Waals surface area contributed by atoms with Crippen molar-refractivity contribution in [1.29, 1.82) is 0 Å². The molecule has 1 saturated heterocycles. The molecule has 1 N–H and O–H groups in total. The Morgan fingerprint density at radius 3 is 2.35 bits per heavy atom. The van der Waals surface area contributed by atoms with Crippen molar-refractivity contribution in [3.8, 4) is 0 Å². The van der Waals surface area contributed by atoms with E-state index in [2.05, 4.69) is 10.2 Å². The van der Waals surface area contributed by atoms with Crippen LogP contribution in [0.1, 0.15) is 63.7 Å². The molecule has 2 amide bonds. The van der Waals surface area contributed by atoms with E-state index in [9.17, 15) is 9.59 Å². The first-order chi connectivity index (χ1) is 12.5. The lowest BCUT2D eigenvalue weighted by atomic mass is 10.0. The standard InChI is InChI=1S/C21H33N3O2/c1-5-23(6-2)21(26)18-15-17(22-20(25)14-16(3)4)10-11-19(18)24-12-8-7-9-13-24/h10-11,15-16H,5-9,12-14H2,1-4H3,(H,22,25). The van der Waals surface area contributed by atoms with Gasteiger partial charge >= 0.3 is 0 Å². The predicted molar refractivity (Wildman–Crippen MR) is 108 cm³/mol. The van der Waals surface area contributed by atoms with Gasteiger partial charge in [-0.2, -0.15) is 0 Å². The van der Waals surface area contributed by atoms with E-state index in [4.69, 9.17) is 0 Å². The third-order valence-electron chi connectivity index (χ3n) is 4.85. The summed E-state index contributed by atoms with van der Waals surface area (Å²) >= 11 is 0. The lowest BCUT2D eigenvalue weighted by Crippen LogP contribution is -2.35. The van der Waals surface area contributed by atoms with Crippen LogP contribution in [0.2, 0.25) is 0 Å². The Hall–Kier alpha value is -2.04. The van der Waals surface area contributed by atoms with Crippen LogP contribution in [-0.4, -0.2) is 42.9 Å². The van der Waals surface area contributed by atoms with E-state index in [1.165, 1.54) is 6.42 Å². The summed E-state index contributed by atoms with van der Waals surface area (Å²) < 4.78 is 0. The Kier molecular flexibility index (Phi) is 7.49. The lowest BCUT2D eigenvalue weighted by Gasteiger charge is -2.31. The molecular weight excluding hydrogens is 326 g/mol. The Balaban J connectivity index is 2.32. The summed E-state index contributed by atoms with van der Waals surface area (Å²) in [5.74, 6) is 0.335. The van der Waals surface area contributed by atoms with Crippen molar-refractivity contribution in [3.05, 3.63) is 23.8 Å². The number of anilines is 2. The first-order valence-corrected chi connectivity index (χ1v) is 9.94. The van der Waals surface area contributed by atoms with Gasteiger partial charge in [-0.25, -0.2) is 0 Å². The quantitative estimate of drug-likeness (QED) is 0.796. The molecule has 2 rings (SSSR count). The summed E-state index contributed by atoms with van der Waals surface area (Å²) in [6.45, 7) is 11.4. The molecule has 1 aromatic carbocycles. The molecule has 0 unspecified atom stereocenters. The molecule has 0 atom stereocenters. The maximum Gasteiger partial charge on any atom is 0.256 e. The van der Waals surface area contributed by atoms with Crippen LogP contribution >= 0.6 is 0 Å². The SMILES string of the molecule is CCN(CC)C(=O)c1cc(NC(=O)CC(C)C)ccc1N1CCCCC1. The van der Waals surface area contributed by atoms with Crippen LogP contribution in [0, 0.1) is 5.92 Å². The molecule has 0 aromatic heterocycles. The summed E-state index contributed by atoms with van der Waals surface area (Å²) in [5, 5.41) is 2.95. The minimum atomic E-state index is -0.00744. The maximum absolute atomic E-state index is 13.1. The number of hydrogen-bond donors (Lipinski definition) is 1. The van der Waals surface area contributed by atoms with Crippen LogP contribution in [0.5, 0.6) is 0 Å². The van der Waals surface area contributed by atoms with Gasteiger partial charge in [-0.15, -0.1) is 0 Å². The molecule has 1 aliphatic rings. The van der Waals surface area contributed by atoms with Crippen molar-refractivity contribution in [2.75, 3.05) is 36.4 Å². The predicted octanol–water partition coefficient (Wildman–Crippen LogP) is 4.14. The fraction of sp³-hybridized carbons (Fsp3) is 0.619. The summed E-state index contributed by atoms with van der Waals surface area (Å²) in [5.41, 5.74) is 2.38. The van der Waals surface area contributed by atoms with Crippen LogP contribution in [0.25, 0.3) is 0 Å². The summed E-state index contributed by atoms with van der Waals surface area (Å²) in [6.07, 6.45) is 4.05. The van der Waals surface area contributed by atoms with E-state index in [-0.39, 0.29) is 11.8 Å². The van der Waals surface area contributed by atoms with Crippen LogP contribution < -0.4 is 10.2 Å². The Bertz CT molecular complexity index is 618. The van der Waals surface area contributed by atoms with Gasteiger partial charge in [0.2, 0.25) is 5.91 Å². The van der Waals surface area contributed by atoms with E-state index >= 15 is 0 Å². The van der Waals surface area contributed by atoms with Crippen molar-refractivity contribution >= 4 is 23.2 Å². The van der Waals surface area contributed by atoms with E-state index in [1.807, 2.05) is 50.8 Å². The third-order valence-corrected chi connectivity index (χ3v) is 4.85. The maximum atomic E-state index is 13.1. The monoisotopic (exact) mass is 359 g/mol. The summed E-state index contributed by atoms with van der Waals surface area (Å²) in [4.78, 5) is 29.3. The second-order valence-corrected chi connectivity index (χ2v) is 7.40. The largest absolute Gasteiger partial charge is 0.371 e. The zero-order chi connectivity index (χ0) is 19.1. The van der Waals surface area contributed by atoms with Gasteiger partial charge in [-0.1, -0.05) is 13.8 Å². The number of carbonyl (C=O) groups is 2. The van der Waals surface area contributed by atoms with Gasteiger partial charge in [-0.3, -0.25) is 9.59 Å². The third kappa shape index (κ3) is 5.23. The molecule has 1 aliphatic heterocycles. The molecular formula is C21H33N3O2. The zero-order valence-corrected chi connectivity index (χ0v) is 16.7. The number of piperidine rings is 1. The lowest BCUT2D eigenvalue weighted by molar-refractivity contribution is -0.116. The number of rotatable bonds is 7. The van der Waals surface area contributed by atoms with Crippen LogP contribution in [0.3, 0.4) is 0 Å². The average Bonchev–Trinajstić information content (AvgIpc) is 2.62. The van der Waals surface area contributed by atoms with Crippen molar-refractivity contribution in [1.82, 2.24) is 4.90 Å². The van der Waals surface area contributed by atoms with Gasteiger partial charge < -0.3 is 15.1 Å². The van der Waals surface area contributed by atoms with Gasteiger partial charge in [-0.05, 0) is 57.2 Å². The Morgan fingerprint density at radius 2 is 1.77 bits per heavy atom. The number of amides is 2. The minimum Gasteiger partial charge on any atom is -0.371 e. The highest BCUT2D eigenvalue weighted by Gasteiger charge is 2.22. The van der Waals surface area contributed by atoms with E-state index in [0.717, 1.165) is 31.6 Å². The number of nitrogens with zero attached hydrogens (tertiary/aromatic N) is 2. The van der Waals surface area contributed by atoms with Gasteiger partial charge in [0.1, 0.15) is 0 Å². The van der Waals surface area contributed by atoms with Crippen LogP contribution in [-0.2, 0) is 4.79 Å². The minimum absolute atomic E-state index is 0.00744. The number of carbonyl (C=O) groups excluding carboxylic acids is 2. The molecule has 1 aromatic rings. The molecule has 0 bridgehead atoms. The first kappa shape index (κ1) is 20.3. The van der Waals surface area contributed by atoms with Gasteiger partial charge in [0.05, 0.1) is 5.56 Å². The van der Waals surface area contributed by atoms with Gasteiger partial charge in [0.25, 0.3) is 5.91 Å². The summed E-state index contributed by atoms with van der Waals surface area (Å²) in [7, 11) is 0. The van der Waals surface area contributed by atoms with Crippen LogP contribution in [0.4, 0.5) is 11.4 Å². The smallest absolute Gasteiger partial charge is 0.256 e. The van der Waals surface area contributed by atoms with Crippen molar-refractivity contribution < 1.29 is 9.59 Å². The molecule has 1 fully saturated rings. The Labute approximate surface area is 157 Å². The fourth-order valence-corrected chi connectivity index (χ4v) is 3.46. The molecule has 26 heavy (non-hydrogen) atoms. The normalized spacial score (nSPS) is 14.4. The van der Waals surface area contributed by atoms with Crippen LogP contribution in [0.15, 0.2) is 18.2 Å². The fourth-order valence-electron chi connectivity index (χ4n) is 3.46. The van der Waals surface area contributed by atoms with E-state index in [1.54, 1.807) is 0 Å². The first-order valence-electron chi connectivity index (χ1n) is 9.94. The molecule has 144 valence electrons. The number of benzene rings is 1. The van der Waals surface area contributed by atoms with E-state index in [0.29, 0.717) is 36.7 Å².